The number of aliphatic hydroxyl groups excluding tert-OH is 2. The van der Waals surface area contributed by atoms with Crippen molar-refractivity contribution in [3.8, 4) is 0 Å². The fourth-order valence-electron chi connectivity index (χ4n) is 3.37. The van der Waals surface area contributed by atoms with E-state index in [2.05, 4.69) is 0 Å². The highest BCUT2D eigenvalue weighted by Crippen LogP contribution is 2.52. The summed E-state index contributed by atoms with van der Waals surface area (Å²) < 4.78 is 0. The second kappa shape index (κ2) is 3.21. The first-order valence-corrected chi connectivity index (χ1v) is 6.08. The molecule has 0 aromatic heterocycles. The molecule has 0 aromatic carbocycles. The Balaban J connectivity index is 0.0000000914. The summed E-state index contributed by atoms with van der Waals surface area (Å²) in [6, 6.07) is 0. The van der Waals surface area contributed by atoms with Gasteiger partial charge in [-0.05, 0) is 62.2 Å². The van der Waals surface area contributed by atoms with Gasteiger partial charge in [-0.2, -0.15) is 0 Å². The third-order valence-corrected chi connectivity index (χ3v) is 4.44. The van der Waals surface area contributed by atoms with Crippen LogP contribution >= 0.6 is 0 Å². The highest BCUT2D eigenvalue weighted by Gasteiger charge is 2.45. The van der Waals surface area contributed by atoms with Crippen molar-refractivity contribution in [2.45, 2.75) is 50.7 Å². The molecule has 80 valence electrons. The average molecular weight is 196 g/mol. The maximum atomic E-state index is 8.93. The molecule has 0 heterocycles. The number of aliphatic hydroxyl groups is 2. The number of fused-ring (bicyclic) bond motifs is 2. The van der Waals surface area contributed by atoms with Gasteiger partial charge >= 0.3 is 0 Å². The first-order chi connectivity index (χ1) is 6.72. The van der Waals surface area contributed by atoms with Gasteiger partial charge in [0.1, 0.15) is 0 Å². The Kier molecular flexibility index (Phi) is 2.10. The van der Waals surface area contributed by atoms with Crippen molar-refractivity contribution in [1.29, 1.82) is 0 Å². The average Bonchev–Trinajstić information content (AvgIpc) is 2.94. The lowest BCUT2D eigenvalue weighted by Crippen LogP contribution is -2.00. The minimum atomic E-state index is 0.0729. The lowest BCUT2D eigenvalue weighted by Gasteiger charge is -1.98. The predicted octanol–water partition coefficient (Wildman–Crippen LogP) is 1.55. The van der Waals surface area contributed by atoms with Gasteiger partial charge in [0.05, 0.1) is 12.2 Å². The first-order valence-electron chi connectivity index (χ1n) is 6.08. The van der Waals surface area contributed by atoms with Crippen molar-refractivity contribution < 1.29 is 10.2 Å². The SMILES string of the molecule is OC1C[C@@H]2C[C@@H]2C1.OC1C[C@@H]2C[C@@H]2C1. The number of hydrogen-bond acceptors (Lipinski definition) is 2. The standard InChI is InChI=1S/2C6H10O/c2*7-6-2-4-1-5(4)3-6/h2*4-7H,1-3H2/t2*4-,5+,6?. The maximum absolute atomic E-state index is 8.93. The van der Waals surface area contributed by atoms with Crippen LogP contribution in [0.15, 0.2) is 0 Å². The molecule has 0 bridgehead atoms. The molecule has 4 saturated carbocycles. The molecular weight excluding hydrogens is 176 g/mol. The van der Waals surface area contributed by atoms with E-state index in [0.717, 1.165) is 49.4 Å². The Labute approximate surface area is 85.3 Å². The zero-order valence-electron chi connectivity index (χ0n) is 8.60. The van der Waals surface area contributed by atoms with Gasteiger partial charge in [0.15, 0.2) is 0 Å². The normalized spacial score (nSPS) is 57.0. The molecule has 4 fully saturated rings. The smallest absolute Gasteiger partial charge is 0.0545 e. The van der Waals surface area contributed by atoms with Crippen molar-refractivity contribution in [3.05, 3.63) is 0 Å². The van der Waals surface area contributed by atoms with Crippen LogP contribution in [0.4, 0.5) is 0 Å². The van der Waals surface area contributed by atoms with Gasteiger partial charge in [0, 0.05) is 0 Å². The van der Waals surface area contributed by atoms with Crippen LogP contribution < -0.4 is 0 Å². The number of hydrogen-bond donors (Lipinski definition) is 2. The molecular formula is C12H20O2. The van der Waals surface area contributed by atoms with Crippen LogP contribution in [-0.2, 0) is 0 Å². The summed E-state index contributed by atoms with van der Waals surface area (Å²) in [4.78, 5) is 0. The Morgan fingerprint density at radius 3 is 0.929 bits per heavy atom. The van der Waals surface area contributed by atoms with Crippen LogP contribution in [0, 0.1) is 23.7 Å². The first kappa shape index (κ1) is 9.17. The van der Waals surface area contributed by atoms with Gasteiger partial charge in [-0.1, -0.05) is 0 Å². The molecule has 0 aromatic rings. The predicted molar refractivity (Wildman–Crippen MR) is 53.7 cm³/mol. The van der Waals surface area contributed by atoms with E-state index in [0.29, 0.717) is 0 Å². The Bertz CT molecular complexity index is 184. The van der Waals surface area contributed by atoms with E-state index in [9.17, 15) is 0 Å². The van der Waals surface area contributed by atoms with E-state index < -0.39 is 0 Å². The molecule has 4 rings (SSSR count). The van der Waals surface area contributed by atoms with Gasteiger partial charge < -0.3 is 10.2 Å². The minimum Gasteiger partial charge on any atom is -0.393 e. The van der Waals surface area contributed by atoms with Crippen LogP contribution in [-0.4, -0.2) is 22.4 Å². The Morgan fingerprint density at radius 1 is 0.500 bits per heavy atom. The topological polar surface area (TPSA) is 40.5 Å². The fraction of sp³-hybridized carbons (Fsp3) is 1.00. The quantitative estimate of drug-likeness (QED) is 0.617. The molecule has 0 aliphatic heterocycles. The minimum absolute atomic E-state index is 0.0729. The zero-order valence-corrected chi connectivity index (χ0v) is 8.60. The zero-order chi connectivity index (χ0) is 9.71. The summed E-state index contributed by atoms with van der Waals surface area (Å²) in [5.74, 6) is 3.76. The summed E-state index contributed by atoms with van der Waals surface area (Å²) >= 11 is 0. The van der Waals surface area contributed by atoms with Crippen molar-refractivity contribution in [2.24, 2.45) is 23.7 Å². The number of rotatable bonds is 0. The summed E-state index contributed by atoms with van der Waals surface area (Å²) in [5, 5.41) is 17.9. The van der Waals surface area contributed by atoms with Crippen molar-refractivity contribution in [3.63, 3.8) is 0 Å². The van der Waals surface area contributed by atoms with E-state index in [1.807, 2.05) is 0 Å². The molecule has 0 saturated heterocycles. The van der Waals surface area contributed by atoms with Crippen molar-refractivity contribution >= 4 is 0 Å². The lowest BCUT2D eigenvalue weighted by atomic mass is 10.2. The molecule has 2 N–H and O–H groups in total. The highest BCUT2D eigenvalue weighted by molar-refractivity contribution is 4.96. The van der Waals surface area contributed by atoms with Gasteiger partial charge in [0.25, 0.3) is 0 Å². The van der Waals surface area contributed by atoms with Gasteiger partial charge in [-0.25, -0.2) is 0 Å². The van der Waals surface area contributed by atoms with E-state index in [4.69, 9.17) is 10.2 Å². The molecule has 4 aliphatic rings. The maximum Gasteiger partial charge on any atom is 0.0545 e. The van der Waals surface area contributed by atoms with Crippen LogP contribution in [0.1, 0.15) is 38.5 Å². The second-order valence-electron chi connectivity index (χ2n) is 5.76. The largest absolute Gasteiger partial charge is 0.393 e. The summed E-state index contributed by atoms with van der Waals surface area (Å²) in [6.45, 7) is 0. The van der Waals surface area contributed by atoms with Crippen LogP contribution in [0.2, 0.25) is 0 Å². The molecule has 0 spiro atoms. The van der Waals surface area contributed by atoms with Crippen LogP contribution in [0.25, 0.3) is 0 Å². The lowest BCUT2D eigenvalue weighted by molar-refractivity contribution is 0.168. The van der Waals surface area contributed by atoms with Gasteiger partial charge in [-0.15, -0.1) is 0 Å². The van der Waals surface area contributed by atoms with Crippen LogP contribution in [0.3, 0.4) is 0 Å². The third kappa shape index (κ3) is 1.82. The molecule has 0 radical (unpaired) electrons. The van der Waals surface area contributed by atoms with E-state index >= 15 is 0 Å². The van der Waals surface area contributed by atoms with Crippen molar-refractivity contribution in [1.82, 2.24) is 0 Å². The van der Waals surface area contributed by atoms with Crippen LogP contribution in [0.5, 0.6) is 0 Å². The molecule has 4 aliphatic carbocycles. The summed E-state index contributed by atoms with van der Waals surface area (Å²) in [5.41, 5.74) is 0. The van der Waals surface area contributed by atoms with E-state index in [1.165, 1.54) is 12.8 Å². The fourth-order valence-corrected chi connectivity index (χ4v) is 3.37. The molecule has 2 unspecified atom stereocenters. The molecule has 2 heteroatoms. The molecule has 2 nitrogen and oxygen atoms in total. The monoisotopic (exact) mass is 196 g/mol. The summed E-state index contributed by atoms with van der Waals surface area (Å²) in [7, 11) is 0. The second-order valence-corrected chi connectivity index (χ2v) is 5.76. The van der Waals surface area contributed by atoms with Gasteiger partial charge in [-0.3, -0.25) is 0 Å². The van der Waals surface area contributed by atoms with Crippen molar-refractivity contribution in [2.75, 3.05) is 0 Å². The molecule has 14 heavy (non-hydrogen) atoms. The van der Waals surface area contributed by atoms with E-state index in [-0.39, 0.29) is 12.2 Å². The molecule has 0 amide bonds. The summed E-state index contributed by atoms with van der Waals surface area (Å²) in [6.07, 6.45) is 7.38. The third-order valence-electron chi connectivity index (χ3n) is 4.44. The van der Waals surface area contributed by atoms with Gasteiger partial charge in [0.2, 0.25) is 0 Å². The van der Waals surface area contributed by atoms with E-state index in [1.54, 1.807) is 0 Å². The highest BCUT2D eigenvalue weighted by atomic mass is 16.3. The molecule has 6 atom stereocenters. The Morgan fingerprint density at radius 2 is 0.786 bits per heavy atom. The Hall–Kier alpha value is -0.0800.